The van der Waals surface area contributed by atoms with Crippen LogP contribution in [0.4, 0.5) is 5.69 Å². The van der Waals surface area contributed by atoms with Crippen molar-refractivity contribution in [3.63, 3.8) is 0 Å². The zero-order valence-corrected chi connectivity index (χ0v) is 7.88. The molecule has 5 N–H and O–H groups in total. The molecule has 1 aromatic carbocycles. The molecule has 76 valence electrons. The fourth-order valence-corrected chi connectivity index (χ4v) is 1.21. The largest absolute Gasteiger partial charge is 0.290 e. The van der Waals surface area contributed by atoms with Crippen LogP contribution in [0.15, 0.2) is 24.3 Å². The van der Waals surface area contributed by atoms with Gasteiger partial charge in [-0.25, -0.2) is 10.1 Å². The minimum absolute atomic E-state index is 0.377. The maximum Gasteiger partial charge on any atom is 0.265 e. The summed E-state index contributed by atoms with van der Waals surface area (Å²) in [6.45, 7) is 0. The molecule has 0 aliphatic rings. The Balaban J connectivity index is 2.78. The summed E-state index contributed by atoms with van der Waals surface area (Å²) < 4.78 is 21.1. The van der Waals surface area contributed by atoms with E-state index >= 15 is 0 Å². The van der Waals surface area contributed by atoms with Crippen molar-refractivity contribution in [3.05, 3.63) is 29.8 Å². The van der Waals surface area contributed by atoms with Gasteiger partial charge in [0.2, 0.25) is 0 Å². The summed E-state index contributed by atoms with van der Waals surface area (Å²) in [7, 11) is 0. The molecule has 0 aliphatic heterocycles. The molecule has 1 atom stereocenters. The normalized spacial score (nSPS) is 11.9. The van der Waals surface area contributed by atoms with Gasteiger partial charge in [0.05, 0.1) is 0 Å². The zero-order chi connectivity index (χ0) is 10.6. The topological polar surface area (TPSA) is 104 Å². The first kappa shape index (κ1) is 10.6. The number of nitrogens with one attached hydrogen (secondary N) is 2. The van der Waals surface area contributed by atoms with Gasteiger partial charge in [-0.15, -0.1) is 0 Å². The first-order valence-electron chi connectivity index (χ1n) is 3.62. The molecule has 0 aromatic heterocycles. The van der Waals surface area contributed by atoms with Gasteiger partial charge in [-0.1, -0.05) is 0 Å². The number of nitrogens with two attached hydrogens (primary N) is 1. The van der Waals surface area contributed by atoms with Gasteiger partial charge < -0.3 is 0 Å². The summed E-state index contributed by atoms with van der Waals surface area (Å²) in [6.07, 6.45) is 0. The fraction of sp³-hybridized carbons (Fsp3) is 0. The molecule has 1 unspecified atom stereocenters. The van der Waals surface area contributed by atoms with Crippen LogP contribution < -0.4 is 16.0 Å². The molecule has 1 amide bonds. The van der Waals surface area contributed by atoms with Crippen molar-refractivity contribution in [2.75, 3.05) is 4.72 Å². The first-order valence-corrected chi connectivity index (χ1v) is 4.72. The molecule has 0 saturated heterocycles. The second kappa shape index (κ2) is 4.70. The maximum absolute atomic E-state index is 11.0. The number of hydrogen-bond acceptors (Lipinski definition) is 3. The molecule has 0 aliphatic carbocycles. The number of hydrogen-bond donors (Lipinski definition) is 4. The fourth-order valence-electron chi connectivity index (χ4n) is 0.874. The molecule has 0 fully saturated rings. The van der Waals surface area contributed by atoms with Crippen LogP contribution in [0.5, 0.6) is 0 Å². The van der Waals surface area contributed by atoms with Crippen LogP contribution in [-0.2, 0) is 11.3 Å². The second-order valence-electron chi connectivity index (χ2n) is 2.40. The number of rotatable bonds is 3. The third kappa shape index (κ3) is 2.80. The molecule has 0 radical (unpaired) electrons. The Kier molecular flexibility index (Phi) is 3.57. The number of carbonyl (C=O) groups excluding carboxylic acids is 1. The van der Waals surface area contributed by atoms with E-state index in [2.05, 4.69) is 4.72 Å². The Bertz CT molecular complexity index is 352. The van der Waals surface area contributed by atoms with Crippen LogP contribution in [-0.4, -0.2) is 14.7 Å². The lowest BCUT2D eigenvalue weighted by atomic mass is 10.2. The second-order valence-corrected chi connectivity index (χ2v) is 3.10. The van der Waals surface area contributed by atoms with Crippen molar-refractivity contribution in [2.24, 2.45) is 5.84 Å². The van der Waals surface area contributed by atoms with Crippen molar-refractivity contribution in [3.8, 4) is 0 Å². The molecule has 0 saturated carbocycles. The van der Waals surface area contributed by atoms with Gasteiger partial charge in [0, 0.05) is 11.3 Å². The molecule has 7 heteroatoms. The van der Waals surface area contributed by atoms with E-state index in [1.54, 1.807) is 0 Å². The minimum Gasteiger partial charge on any atom is -0.290 e. The standard InChI is InChI=1S/C7H9N3O3S/c8-9-7(11)5-1-3-6(4-2-5)10-14(12)13/h1-4,10H,8H2,(H,9,11)(H,12,13). The van der Waals surface area contributed by atoms with Gasteiger partial charge in [0.25, 0.3) is 17.2 Å². The lowest BCUT2D eigenvalue weighted by Gasteiger charge is -2.02. The summed E-state index contributed by atoms with van der Waals surface area (Å²) >= 11 is -2.11. The van der Waals surface area contributed by atoms with Gasteiger partial charge in [-0.05, 0) is 24.3 Å². The number of hydrazine groups is 1. The van der Waals surface area contributed by atoms with E-state index in [1.807, 2.05) is 5.43 Å². The van der Waals surface area contributed by atoms with Crippen molar-refractivity contribution in [1.29, 1.82) is 0 Å². The summed E-state index contributed by atoms with van der Waals surface area (Å²) in [5, 5.41) is 0. The van der Waals surface area contributed by atoms with E-state index in [9.17, 15) is 9.00 Å². The van der Waals surface area contributed by atoms with Crippen LogP contribution in [0.1, 0.15) is 10.4 Å². The third-order valence-electron chi connectivity index (χ3n) is 1.48. The van der Waals surface area contributed by atoms with Crippen molar-refractivity contribution in [2.45, 2.75) is 0 Å². The van der Waals surface area contributed by atoms with E-state index in [-0.39, 0.29) is 0 Å². The predicted molar refractivity (Wildman–Crippen MR) is 52.5 cm³/mol. The van der Waals surface area contributed by atoms with Crippen LogP contribution >= 0.6 is 0 Å². The molecule has 1 rings (SSSR count). The minimum atomic E-state index is -2.11. The number of benzene rings is 1. The summed E-state index contributed by atoms with van der Waals surface area (Å²) in [6, 6.07) is 5.96. The summed E-state index contributed by atoms with van der Waals surface area (Å²) in [5.41, 5.74) is 2.79. The molecular weight excluding hydrogens is 206 g/mol. The van der Waals surface area contributed by atoms with Gasteiger partial charge >= 0.3 is 0 Å². The van der Waals surface area contributed by atoms with Gasteiger partial charge in [0.15, 0.2) is 0 Å². The maximum atomic E-state index is 11.0. The van der Waals surface area contributed by atoms with E-state index in [0.29, 0.717) is 11.3 Å². The van der Waals surface area contributed by atoms with Crippen LogP contribution in [0.2, 0.25) is 0 Å². The quantitative estimate of drug-likeness (QED) is 0.243. The molecule has 0 heterocycles. The van der Waals surface area contributed by atoms with Crippen LogP contribution in [0.25, 0.3) is 0 Å². The molecule has 14 heavy (non-hydrogen) atoms. The Morgan fingerprint density at radius 3 is 2.36 bits per heavy atom. The average molecular weight is 215 g/mol. The van der Waals surface area contributed by atoms with Gasteiger partial charge in [-0.3, -0.25) is 19.5 Å². The lowest BCUT2D eigenvalue weighted by Crippen LogP contribution is -2.29. The summed E-state index contributed by atoms with van der Waals surface area (Å²) in [5.74, 6) is 4.50. The third-order valence-corrected chi connectivity index (χ3v) is 1.89. The molecule has 1 aromatic rings. The van der Waals surface area contributed by atoms with E-state index in [1.165, 1.54) is 24.3 Å². The number of nitrogen functional groups attached to an aromatic ring is 1. The van der Waals surface area contributed by atoms with Crippen molar-refractivity contribution < 1.29 is 13.6 Å². The SMILES string of the molecule is NNC(=O)c1ccc(NS(=O)O)cc1. The lowest BCUT2D eigenvalue weighted by molar-refractivity contribution is 0.0953. The highest BCUT2D eigenvalue weighted by Gasteiger charge is 2.02. The average Bonchev–Trinajstić information content (AvgIpc) is 2.17. The Hall–Kier alpha value is -1.44. The van der Waals surface area contributed by atoms with Crippen molar-refractivity contribution >= 4 is 22.9 Å². The molecular formula is C7H9N3O3S. The highest BCUT2D eigenvalue weighted by atomic mass is 32.2. The Labute approximate surface area is 82.9 Å². The number of anilines is 1. The van der Waals surface area contributed by atoms with E-state index < -0.39 is 17.2 Å². The van der Waals surface area contributed by atoms with Crippen molar-refractivity contribution in [1.82, 2.24) is 5.43 Å². The summed E-state index contributed by atoms with van der Waals surface area (Å²) in [4.78, 5) is 11.0. The molecule has 0 spiro atoms. The van der Waals surface area contributed by atoms with E-state index in [0.717, 1.165) is 0 Å². The van der Waals surface area contributed by atoms with Crippen LogP contribution in [0, 0.1) is 0 Å². The smallest absolute Gasteiger partial charge is 0.265 e. The Morgan fingerprint density at radius 2 is 1.93 bits per heavy atom. The van der Waals surface area contributed by atoms with Gasteiger partial charge in [-0.2, -0.15) is 0 Å². The van der Waals surface area contributed by atoms with Gasteiger partial charge in [0.1, 0.15) is 0 Å². The van der Waals surface area contributed by atoms with Crippen LogP contribution in [0.3, 0.4) is 0 Å². The zero-order valence-electron chi connectivity index (χ0n) is 7.06. The monoisotopic (exact) mass is 215 g/mol. The molecule has 0 bridgehead atoms. The molecule has 6 nitrogen and oxygen atoms in total. The highest BCUT2D eigenvalue weighted by molar-refractivity contribution is 7.80. The van der Waals surface area contributed by atoms with E-state index in [4.69, 9.17) is 10.4 Å². The number of amides is 1. The highest BCUT2D eigenvalue weighted by Crippen LogP contribution is 2.09. The first-order chi connectivity index (χ1) is 6.63. The Morgan fingerprint density at radius 1 is 1.36 bits per heavy atom. The predicted octanol–water partition coefficient (Wildman–Crippen LogP) is -0.161. The number of carbonyl (C=O) groups is 1.